The molecule has 0 bridgehead atoms. The maximum atomic E-state index is 11.9. The van der Waals surface area contributed by atoms with Crippen molar-refractivity contribution in [2.24, 2.45) is 10.9 Å². The van der Waals surface area contributed by atoms with Gasteiger partial charge in [0.25, 0.3) is 0 Å². The molecule has 0 aliphatic carbocycles. The van der Waals surface area contributed by atoms with Crippen LogP contribution in [0.3, 0.4) is 0 Å². The van der Waals surface area contributed by atoms with Crippen LogP contribution in [0.4, 0.5) is 0 Å². The van der Waals surface area contributed by atoms with Gasteiger partial charge in [0.1, 0.15) is 0 Å². The van der Waals surface area contributed by atoms with Gasteiger partial charge in [0, 0.05) is 52.6 Å². The number of likely N-dealkylation sites (tertiary alicyclic amines) is 2. The molecular weight excluding hydrogens is 505 g/mol. The third kappa shape index (κ3) is 7.66. The van der Waals surface area contributed by atoms with Crippen molar-refractivity contribution in [2.45, 2.75) is 52.1 Å². The molecule has 2 heterocycles. The minimum absolute atomic E-state index is 0. The van der Waals surface area contributed by atoms with Crippen LogP contribution in [0.1, 0.15) is 50.2 Å². The van der Waals surface area contributed by atoms with Gasteiger partial charge < -0.3 is 20.4 Å². The molecule has 2 aliphatic rings. The van der Waals surface area contributed by atoms with Gasteiger partial charge in [-0.3, -0.25) is 9.59 Å². The Morgan fingerprint density at radius 1 is 1.19 bits per heavy atom. The van der Waals surface area contributed by atoms with E-state index >= 15 is 0 Å². The van der Waals surface area contributed by atoms with Crippen molar-refractivity contribution in [2.75, 3.05) is 33.2 Å². The number of nitrogens with one attached hydrogen (secondary N) is 2. The molecule has 0 aromatic heterocycles. The Labute approximate surface area is 203 Å². The second kappa shape index (κ2) is 12.9. The lowest BCUT2D eigenvalue weighted by Crippen LogP contribution is -2.46. The summed E-state index contributed by atoms with van der Waals surface area (Å²) in [6, 6.07) is 8.39. The van der Waals surface area contributed by atoms with Gasteiger partial charge in [-0.05, 0) is 43.2 Å². The van der Waals surface area contributed by atoms with Crippen molar-refractivity contribution in [3.63, 3.8) is 0 Å². The van der Waals surface area contributed by atoms with Crippen LogP contribution in [-0.2, 0) is 22.7 Å². The number of piperidine rings is 1. The van der Waals surface area contributed by atoms with Crippen LogP contribution in [0.25, 0.3) is 0 Å². The number of halogens is 1. The molecule has 7 nitrogen and oxygen atoms in total. The number of amides is 2. The van der Waals surface area contributed by atoms with Gasteiger partial charge in [0.2, 0.25) is 11.8 Å². The quantitative estimate of drug-likeness (QED) is 0.316. The summed E-state index contributed by atoms with van der Waals surface area (Å²) in [4.78, 5) is 32.6. The number of aliphatic imine (C=N–C) groups is 1. The Hall–Kier alpha value is -1.84. The van der Waals surface area contributed by atoms with Crippen LogP contribution in [0.15, 0.2) is 29.3 Å². The number of hydrogen-bond acceptors (Lipinski definition) is 3. The monoisotopic (exact) mass is 541 g/mol. The fraction of sp³-hybridized carbons (Fsp3) is 0.609. The van der Waals surface area contributed by atoms with Crippen molar-refractivity contribution in [3.05, 3.63) is 35.4 Å². The second-order valence-electron chi connectivity index (χ2n) is 8.22. The summed E-state index contributed by atoms with van der Waals surface area (Å²) in [6.45, 7) is 6.92. The molecule has 0 radical (unpaired) electrons. The average Bonchev–Trinajstić information content (AvgIpc) is 3.16. The first kappa shape index (κ1) is 25.4. The van der Waals surface area contributed by atoms with Gasteiger partial charge in [-0.1, -0.05) is 24.3 Å². The van der Waals surface area contributed by atoms with Crippen LogP contribution < -0.4 is 10.6 Å². The topological polar surface area (TPSA) is 77.0 Å². The normalized spacial score (nSPS) is 17.5. The summed E-state index contributed by atoms with van der Waals surface area (Å²) in [6.07, 6.45) is 4.28. The van der Waals surface area contributed by atoms with Gasteiger partial charge in [0.05, 0.1) is 6.54 Å². The Morgan fingerprint density at radius 3 is 2.58 bits per heavy atom. The van der Waals surface area contributed by atoms with E-state index in [4.69, 9.17) is 4.99 Å². The standard InChI is InChI=1S/C23H35N5O2.HI/c1-3-25-23(27-12-9-18(10-13-27)15-21(29)24-2)26-16-19-6-4-7-20(14-19)17-28-11-5-8-22(28)30;/h4,6-7,14,18H,3,5,8-13,15-17H2,1-2H3,(H,24,29)(H,25,26);1H. The zero-order valence-corrected chi connectivity index (χ0v) is 21.1. The molecule has 0 spiro atoms. The molecular formula is C23H36IN5O2. The van der Waals surface area contributed by atoms with Crippen LogP contribution in [-0.4, -0.2) is 60.8 Å². The predicted molar refractivity (Wildman–Crippen MR) is 134 cm³/mol. The maximum absolute atomic E-state index is 11.9. The van der Waals surface area contributed by atoms with Crippen molar-refractivity contribution in [3.8, 4) is 0 Å². The fourth-order valence-electron chi connectivity index (χ4n) is 4.22. The van der Waals surface area contributed by atoms with Crippen LogP contribution in [0, 0.1) is 5.92 Å². The van der Waals surface area contributed by atoms with Crippen molar-refractivity contribution >= 4 is 41.8 Å². The highest BCUT2D eigenvalue weighted by molar-refractivity contribution is 14.0. The average molecular weight is 541 g/mol. The highest BCUT2D eigenvalue weighted by Crippen LogP contribution is 2.21. The first-order chi connectivity index (χ1) is 14.6. The molecule has 1 aromatic rings. The lowest BCUT2D eigenvalue weighted by Gasteiger charge is -2.34. The summed E-state index contributed by atoms with van der Waals surface area (Å²) in [5, 5.41) is 6.14. The molecule has 2 fully saturated rings. The zero-order valence-electron chi connectivity index (χ0n) is 18.7. The Morgan fingerprint density at radius 2 is 1.94 bits per heavy atom. The highest BCUT2D eigenvalue weighted by Gasteiger charge is 2.23. The predicted octanol–water partition coefficient (Wildman–Crippen LogP) is 2.74. The van der Waals surface area contributed by atoms with E-state index in [0.29, 0.717) is 31.8 Å². The fourth-order valence-corrected chi connectivity index (χ4v) is 4.22. The molecule has 8 heteroatoms. The van der Waals surface area contributed by atoms with Crippen LogP contribution in [0.2, 0.25) is 0 Å². The third-order valence-corrected chi connectivity index (χ3v) is 5.95. The minimum atomic E-state index is 0. The number of nitrogens with zero attached hydrogens (tertiary/aromatic N) is 3. The molecule has 2 saturated heterocycles. The molecule has 0 unspecified atom stereocenters. The van der Waals surface area contributed by atoms with Crippen LogP contribution in [0.5, 0.6) is 0 Å². The summed E-state index contributed by atoms with van der Waals surface area (Å²) in [5.74, 6) is 1.78. The smallest absolute Gasteiger partial charge is 0.222 e. The van der Waals surface area contributed by atoms with Crippen molar-refractivity contribution in [1.82, 2.24) is 20.4 Å². The summed E-state index contributed by atoms with van der Waals surface area (Å²) >= 11 is 0. The van der Waals surface area contributed by atoms with Gasteiger partial charge in [0.15, 0.2) is 5.96 Å². The molecule has 172 valence electrons. The molecule has 3 rings (SSSR count). The Balaban J connectivity index is 0.00000341. The zero-order chi connectivity index (χ0) is 21.3. The van der Waals surface area contributed by atoms with E-state index in [-0.39, 0.29) is 35.8 Å². The molecule has 2 N–H and O–H groups in total. The minimum Gasteiger partial charge on any atom is -0.359 e. The SMILES string of the molecule is CCNC(=NCc1cccc(CN2CCCC2=O)c1)N1CCC(CC(=O)NC)CC1.I. The van der Waals surface area contributed by atoms with E-state index in [1.54, 1.807) is 7.05 Å². The molecule has 2 amide bonds. The molecule has 0 atom stereocenters. The second-order valence-corrected chi connectivity index (χ2v) is 8.22. The van der Waals surface area contributed by atoms with E-state index in [0.717, 1.165) is 62.5 Å². The summed E-state index contributed by atoms with van der Waals surface area (Å²) in [5.41, 5.74) is 2.32. The Bertz CT molecular complexity index is 762. The molecule has 1 aromatic carbocycles. The number of benzene rings is 1. The van der Waals surface area contributed by atoms with Crippen molar-refractivity contribution < 1.29 is 9.59 Å². The van der Waals surface area contributed by atoms with E-state index in [9.17, 15) is 9.59 Å². The van der Waals surface area contributed by atoms with Crippen LogP contribution >= 0.6 is 24.0 Å². The van der Waals surface area contributed by atoms with Gasteiger partial charge in [-0.15, -0.1) is 24.0 Å². The van der Waals surface area contributed by atoms with E-state index in [1.165, 1.54) is 0 Å². The van der Waals surface area contributed by atoms with E-state index in [2.05, 4.69) is 46.7 Å². The maximum Gasteiger partial charge on any atom is 0.222 e. The first-order valence-electron chi connectivity index (χ1n) is 11.2. The van der Waals surface area contributed by atoms with E-state index in [1.807, 2.05) is 4.90 Å². The number of carbonyl (C=O) groups is 2. The number of guanidine groups is 1. The molecule has 2 aliphatic heterocycles. The third-order valence-electron chi connectivity index (χ3n) is 5.95. The van der Waals surface area contributed by atoms with Gasteiger partial charge in [-0.25, -0.2) is 4.99 Å². The molecule has 0 saturated carbocycles. The lowest BCUT2D eigenvalue weighted by atomic mass is 9.93. The summed E-state index contributed by atoms with van der Waals surface area (Å²) < 4.78 is 0. The van der Waals surface area contributed by atoms with E-state index < -0.39 is 0 Å². The van der Waals surface area contributed by atoms with Gasteiger partial charge >= 0.3 is 0 Å². The Kier molecular flexibility index (Phi) is 10.6. The first-order valence-corrected chi connectivity index (χ1v) is 11.2. The highest BCUT2D eigenvalue weighted by atomic mass is 127. The molecule has 31 heavy (non-hydrogen) atoms. The number of hydrogen-bond donors (Lipinski definition) is 2. The largest absolute Gasteiger partial charge is 0.359 e. The lowest BCUT2D eigenvalue weighted by molar-refractivity contribution is -0.128. The summed E-state index contributed by atoms with van der Waals surface area (Å²) in [7, 11) is 1.70. The number of rotatable bonds is 7. The van der Waals surface area contributed by atoms with Crippen molar-refractivity contribution in [1.29, 1.82) is 0 Å². The van der Waals surface area contributed by atoms with Gasteiger partial charge in [-0.2, -0.15) is 0 Å². The number of carbonyl (C=O) groups excluding carboxylic acids is 2.